The summed E-state index contributed by atoms with van der Waals surface area (Å²) in [5.74, 6) is 1.98. The molecule has 2 aliphatic rings. The van der Waals surface area contributed by atoms with Crippen LogP contribution < -0.4 is 0 Å². The van der Waals surface area contributed by atoms with Gasteiger partial charge in [-0.1, -0.05) is 40.5 Å². The first-order chi connectivity index (χ1) is 5.98. The van der Waals surface area contributed by atoms with E-state index in [9.17, 15) is 0 Å². The Hall–Kier alpha value is 0. The number of hydrogen-bond donors (Lipinski definition) is 0. The standard InChI is InChI=1S/C13H24/c1-10-6-5-7-11-8-9-12(2,3)13(10,11)4/h10-11H,5-9H2,1-4H3. The van der Waals surface area contributed by atoms with Gasteiger partial charge >= 0.3 is 0 Å². The highest BCUT2D eigenvalue weighted by Crippen LogP contribution is 2.63. The Bertz CT molecular complexity index is 204. The smallest absolute Gasteiger partial charge is 0.0221 e. The lowest BCUT2D eigenvalue weighted by Crippen LogP contribution is -2.43. The summed E-state index contributed by atoms with van der Waals surface area (Å²) in [6.07, 6.45) is 7.41. The number of fused-ring (bicyclic) bond motifs is 1. The van der Waals surface area contributed by atoms with Crippen LogP contribution in [0.1, 0.15) is 59.8 Å². The van der Waals surface area contributed by atoms with Gasteiger partial charge < -0.3 is 0 Å². The minimum Gasteiger partial charge on any atom is -0.0620 e. The molecule has 0 aromatic rings. The lowest BCUT2D eigenvalue weighted by atomic mass is 9.55. The average Bonchev–Trinajstić information content (AvgIpc) is 2.29. The van der Waals surface area contributed by atoms with Crippen molar-refractivity contribution in [3.63, 3.8) is 0 Å². The van der Waals surface area contributed by atoms with E-state index in [1.807, 2.05) is 0 Å². The molecule has 3 unspecified atom stereocenters. The summed E-state index contributed by atoms with van der Waals surface area (Å²) in [5, 5.41) is 0. The Morgan fingerprint density at radius 3 is 2.31 bits per heavy atom. The van der Waals surface area contributed by atoms with Crippen molar-refractivity contribution in [3.05, 3.63) is 0 Å². The molecule has 2 aliphatic carbocycles. The van der Waals surface area contributed by atoms with Gasteiger partial charge in [0, 0.05) is 0 Å². The molecule has 0 radical (unpaired) electrons. The molecule has 76 valence electrons. The fourth-order valence-corrected chi connectivity index (χ4v) is 4.14. The fourth-order valence-electron chi connectivity index (χ4n) is 4.14. The van der Waals surface area contributed by atoms with E-state index in [2.05, 4.69) is 27.7 Å². The van der Waals surface area contributed by atoms with Gasteiger partial charge in [-0.3, -0.25) is 0 Å². The molecule has 0 nitrogen and oxygen atoms in total. The largest absolute Gasteiger partial charge is 0.0620 e. The van der Waals surface area contributed by atoms with Gasteiger partial charge in [0.15, 0.2) is 0 Å². The lowest BCUT2D eigenvalue weighted by molar-refractivity contribution is -0.0113. The van der Waals surface area contributed by atoms with E-state index >= 15 is 0 Å². The van der Waals surface area contributed by atoms with Gasteiger partial charge in [-0.15, -0.1) is 0 Å². The molecule has 0 aromatic carbocycles. The topological polar surface area (TPSA) is 0 Å². The first-order valence-corrected chi connectivity index (χ1v) is 5.98. The summed E-state index contributed by atoms with van der Waals surface area (Å²) in [6.45, 7) is 10.0. The molecule has 0 amide bonds. The molecule has 2 fully saturated rings. The van der Waals surface area contributed by atoms with E-state index in [1.54, 1.807) is 0 Å². The minimum absolute atomic E-state index is 0.595. The zero-order chi connectivity index (χ0) is 9.69. The van der Waals surface area contributed by atoms with Crippen molar-refractivity contribution in [1.82, 2.24) is 0 Å². The number of hydrogen-bond acceptors (Lipinski definition) is 0. The van der Waals surface area contributed by atoms with E-state index < -0.39 is 0 Å². The van der Waals surface area contributed by atoms with Crippen molar-refractivity contribution in [2.24, 2.45) is 22.7 Å². The highest BCUT2D eigenvalue weighted by atomic mass is 14.6. The van der Waals surface area contributed by atoms with Crippen molar-refractivity contribution in [2.75, 3.05) is 0 Å². The minimum atomic E-state index is 0.595. The summed E-state index contributed by atoms with van der Waals surface area (Å²) in [4.78, 5) is 0. The van der Waals surface area contributed by atoms with Crippen LogP contribution in [0.15, 0.2) is 0 Å². The Balaban J connectivity index is 2.33. The fraction of sp³-hybridized carbons (Fsp3) is 1.00. The van der Waals surface area contributed by atoms with Crippen LogP contribution in [0.25, 0.3) is 0 Å². The van der Waals surface area contributed by atoms with E-state index in [1.165, 1.54) is 32.1 Å². The molecule has 2 saturated carbocycles. The predicted octanol–water partition coefficient (Wildman–Crippen LogP) is 4.25. The summed E-state index contributed by atoms with van der Waals surface area (Å²) >= 11 is 0. The maximum absolute atomic E-state index is 2.56. The third kappa shape index (κ3) is 1.10. The first kappa shape index (κ1) is 9.55. The zero-order valence-electron chi connectivity index (χ0n) is 9.69. The Labute approximate surface area is 83.1 Å². The quantitative estimate of drug-likeness (QED) is 0.523. The number of rotatable bonds is 0. The van der Waals surface area contributed by atoms with Crippen molar-refractivity contribution in [3.8, 4) is 0 Å². The molecule has 2 rings (SSSR count). The molecule has 0 bridgehead atoms. The van der Waals surface area contributed by atoms with Gasteiger partial charge in [0.2, 0.25) is 0 Å². The van der Waals surface area contributed by atoms with Gasteiger partial charge in [0.05, 0.1) is 0 Å². The molecule has 3 atom stereocenters. The van der Waals surface area contributed by atoms with Crippen molar-refractivity contribution < 1.29 is 0 Å². The molecular formula is C13H24. The van der Waals surface area contributed by atoms with Gasteiger partial charge in [0.1, 0.15) is 0 Å². The normalized spacial score (nSPS) is 48.9. The van der Waals surface area contributed by atoms with Crippen LogP contribution in [0.4, 0.5) is 0 Å². The van der Waals surface area contributed by atoms with E-state index in [-0.39, 0.29) is 0 Å². The first-order valence-electron chi connectivity index (χ1n) is 5.98. The molecule has 13 heavy (non-hydrogen) atoms. The average molecular weight is 180 g/mol. The summed E-state index contributed by atoms with van der Waals surface area (Å²) in [5.41, 5.74) is 1.24. The monoisotopic (exact) mass is 180 g/mol. The summed E-state index contributed by atoms with van der Waals surface area (Å²) in [6, 6.07) is 0. The summed E-state index contributed by atoms with van der Waals surface area (Å²) < 4.78 is 0. The molecule has 0 aromatic heterocycles. The maximum atomic E-state index is 2.56. The molecule has 0 heteroatoms. The third-order valence-electron chi connectivity index (χ3n) is 5.64. The SMILES string of the molecule is CC1CCCC2CCC(C)(C)C12C. The molecule has 0 N–H and O–H groups in total. The molecule has 0 spiro atoms. The Morgan fingerprint density at radius 1 is 1.00 bits per heavy atom. The van der Waals surface area contributed by atoms with E-state index in [4.69, 9.17) is 0 Å². The third-order valence-corrected chi connectivity index (χ3v) is 5.64. The van der Waals surface area contributed by atoms with Crippen LogP contribution in [0.3, 0.4) is 0 Å². The van der Waals surface area contributed by atoms with Crippen LogP contribution in [0, 0.1) is 22.7 Å². The molecular weight excluding hydrogens is 156 g/mol. The van der Waals surface area contributed by atoms with E-state index in [0.717, 1.165) is 11.8 Å². The van der Waals surface area contributed by atoms with Gasteiger partial charge in [-0.05, 0) is 41.9 Å². The van der Waals surface area contributed by atoms with Crippen LogP contribution in [0.2, 0.25) is 0 Å². The molecule has 0 heterocycles. The van der Waals surface area contributed by atoms with Crippen molar-refractivity contribution >= 4 is 0 Å². The van der Waals surface area contributed by atoms with Crippen LogP contribution in [0.5, 0.6) is 0 Å². The van der Waals surface area contributed by atoms with E-state index in [0.29, 0.717) is 10.8 Å². The molecule has 0 saturated heterocycles. The van der Waals surface area contributed by atoms with Gasteiger partial charge in [-0.25, -0.2) is 0 Å². The highest BCUT2D eigenvalue weighted by Gasteiger charge is 2.55. The van der Waals surface area contributed by atoms with Crippen molar-refractivity contribution in [1.29, 1.82) is 0 Å². The second kappa shape index (κ2) is 2.74. The second-order valence-corrected chi connectivity index (χ2v) is 6.23. The zero-order valence-corrected chi connectivity index (χ0v) is 9.69. The maximum Gasteiger partial charge on any atom is -0.0221 e. The Kier molecular flexibility index (Phi) is 2.02. The lowest BCUT2D eigenvalue weighted by Gasteiger charge is -2.50. The van der Waals surface area contributed by atoms with Gasteiger partial charge in [0.25, 0.3) is 0 Å². The van der Waals surface area contributed by atoms with Crippen LogP contribution >= 0.6 is 0 Å². The van der Waals surface area contributed by atoms with Crippen LogP contribution in [-0.2, 0) is 0 Å². The van der Waals surface area contributed by atoms with Crippen molar-refractivity contribution in [2.45, 2.75) is 59.8 Å². The Morgan fingerprint density at radius 2 is 1.69 bits per heavy atom. The van der Waals surface area contributed by atoms with Crippen LogP contribution in [-0.4, -0.2) is 0 Å². The molecule has 0 aliphatic heterocycles. The predicted molar refractivity (Wildman–Crippen MR) is 57.6 cm³/mol. The highest BCUT2D eigenvalue weighted by molar-refractivity contribution is 5.04. The van der Waals surface area contributed by atoms with Gasteiger partial charge in [-0.2, -0.15) is 0 Å². The second-order valence-electron chi connectivity index (χ2n) is 6.23. The summed E-state index contributed by atoms with van der Waals surface area (Å²) in [7, 11) is 0.